The smallest absolute Gasteiger partial charge is 0.155 e. The van der Waals surface area contributed by atoms with Crippen molar-refractivity contribution < 1.29 is 10.0 Å². The molecule has 4 nitrogen and oxygen atoms in total. The number of likely N-dealkylation sites (tertiary alicyclic amines) is 1. The lowest BCUT2D eigenvalue weighted by molar-refractivity contribution is -0.121. The number of oxime groups is 1. The van der Waals surface area contributed by atoms with Crippen LogP contribution in [-0.4, -0.2) is 41.2 Å². The van der Waals surface area contributed by atoms with Crippen LogP contribution >= 0.6 is 0 Å². The third kappa shape index (κ3) is 2.52. The predicted octanol–water partition coefficient (Wildman–Crippen LogP) is 0.890. The molecule has 0 saturated carbocycles. The zero-order valence-electron chi connectivity index (χ0n) is 8.16. The Morgan fingerprint density at radius 2 is 2.46 bits per heavy atom. The van der Waals surface area contributed by atoms with Crippen LogP contribution in [0.2, 0.25) is 0 Å². The van der Waals surface area contributed by atoms with Crippen molar-refractivity contribution >= 4 is 11.5 Å². The van der Waals surface area contributed by atoms with E-state index < -0.39 is 0 Å². The molecule has 0 spiro atoms. The van der Waals surface area contributed by atoms with Crippen molar-refractivity contribution in [3.05, 3.63) is 0 Å². The molecule has 74 valence electrons. The third-order valence-electron chi connectivity index (χ3n) is 2.49. The Labute approximate surface area is 78.2 Å². The summed E-state index contributed by atoms with van der Waals surface area (Å²) in [5.74, 6) is 0.162. The fourth-order valence-corrected chi connectivity index (χ4v) is 1.72. The summed E-state index contributed by atoms with van der Waals surface area (Å²) in [5, 5.41) is 11.4. The van der Waals surface area contributed by atoms with Gasteiger partial charge in [-0.15, -0.1) is 0 Å². The Kier molecular flexibility index (Phi) is 3.42. The molecule has 0 amide bonds. The summed E-state index contributed by atoms with van der Waals surface area (Å²) in [6.45, 7) is 2.65. The maximum absolute atomic E-state index is 11.6. The SMILES string of the molecule is CN1CCC[C@H]1C(=O)[14CH2]/C([14CH3])=N\O. The zero-order valence-corrected chi connectivity index (χ0v) is 8.16. The average Bonchev–Trinajstić information content (AvgIpc) is 2.51. The summed E-state index contributed by atoms with van der Waals surface area (Å²) < 4.78 is 0. The summed E-state index contributed by atoms with van der Waals surface area (Å²) in [7, 11) is 1.96. The van der Waals surface area contributed by atoms with Gasteiger partial charge in [-0.05, 0) is 33.4 Å². The molecule has 1 saturated heterocycles. The van der Waals surface area contributed by atoms with Gasteiger partial charge >= 0.3 is 0 Å². The molecule has 0 unspecified atom stereocenters. The quantitative estimate of drug-likeness (QED) is 0.406. The summed E-state index contributed by atoms with van der Waals surface area (Å²) >= 11 is 0. The maximum Gasteiger partial charge on any atom is 0.155 e. The second-order valence-corrected chi connectivity index (χ2v) is 3.62. The molecule has 0 aromatic carbocycles. The van der Waals surface area contributed by atoms with Gasteiger partial charge in [-0.25, -0.2) is 0 Å². The molecule has 0 aromatic rings. The van der Waals surface area contributed by atoms with Crippen LogP contribution in [0.15, 0.2) is 5.16 Å². The van der Waals surface area contributed by atoms with Gasteiger partial charge in [0, 0.05) is 6.42 Å². The standard InChI is InChI=1S/C9H16N2O2/c1-7(10-13)6-9(12)8-4-3-5-11(8)2/h8,13H,3-6H2,1-2H3/b10-7-/t8-/m0/s1/i1+2,6+2. The minimum atomic E-state index is 0.0386. The van der Waals surface area contributed by atoms with Crippen LogP contribution < -0.4 is 0 Å². The lowest BCUT2D eigenvalue weighted by Crippen LogP contribution is -2.33. The Morgan fingerprint density at radius 1 is 1.77 bits per heavy atom. The molecule has 1 fully saturated rings. The lowest BCUT2D eigenvalue weighted by atomic mass is 10.2. The number of carbonyl (C=O) groups excluding carboxylic acids is 1. The number of ketones is 1. The van der Waals surface area contributed by atoms with E-state index in [4.69, 9.17) is 5.21 Å². The molecule has 4 heteroatoms. The van der Waals surface area contributed by atoms with Crippen LogP contribution in [0.1, 0.15) is 26.2 Å². The zero-order chi connectivity index (χ0) is 9.84. The van der Waals surface area contributed by atoms with Crippen molar-refractivity contribution in [3.8, 4) is 0 Å². The molecule has 1 aliphatic rings. The third-order valence-corrected chi connectivity index (χ3v) is 2.49. The van der Waals surface area contributed by atoms with Gasteiger partial charge in [0.2, 0.25) is 0 Å². The topological polar surface area (TPSA) is 52.9 Å². The Bertz CT molecular complexity index is 226. The van der Waals surface area contributed by atoms with Gasteiger partial charge in [-0.1, -0.05) is 5.16 Å². The molecule has 1 rings (SSSR count). The molecule has 0 aliphatic carbocycles. The van der Waals surface area contributed by atoms with Crippen molar-refractivity contribution in [1.29, 1.82) is 0 Å². The van der Waals surface area contributed by atoms with E-state index in [1.165, 1.54) is 0 Å². The predicted molar refractivity (Wildman–Crippen MR) is 50.2 cm³/mol. The van der Waals surface area contributed by atoms with Crippen LogP contribution in [0.5, 0.6) is 0 Å². The van der Waals surface area contributed by atoms with E-state index in [1.54, 1.807) is 6.92 Å². The van der Waals surface area contributed by atoms with Gasteiger partial charge in [-0.3, -0.25) is 9.69 Å². The number of rotatable bonds is 3. The number of Topliss-reactive ketones (excluding diaryl/α,β-unsaturated/α-hetero) is 1. The fourth-order valence-electron chi connectivity index (χ4n) is 1.72. The van der Waals surface area contributed by atoms with Gasteiger partial charge in [-0.2, -0.15) is 0 Å². The first-order chi connectivity index (χ1) is 6.15. The monoisotopic (exact) mass is 188 g/mol. The van der Waals surface area contributed by atoms with Crippen LogP contribution in [0, 0.1) is 0 Å². The second kappa shape index (κ2) is 4.37. The molecular formula is C9H16N2O2. The Morgan fingerprint density at radius 3 is 2.92 bits per heavy atom. The molecule has 0 radical (unpaired) electrons. The maximum atomic E-state index is 11.6. The molecule has 1 atom stereocenters. The van der Waals surface area contributed by atoms with Crippen LogP contribution in [0.4, 0.5) is 0 Å². The molecule has 1 aliphatic heterocycles. The first-order valence-corrected chi connectivity index (χ1v) is 4.55. The van der Waals surface area contributed by atoms with E-state index in [0.717, 1.165) is 19.4 Å². The highest BCUT2D eigenvalue weighted by atomic mass is 16.4. The highest BCUT2D eigenvalue weighted by molar-refractivity contribution is 6.02. The summed E-state index contributed by atoms with van der Waals surface area (Å²) in [4.78, 5) is 13.7. The number of carbonyl (C=O) groups is 1. The van der Waals surface area contributed by atoms with Gasteiger partial charge < -0.3 is 5.21 Å². The minimum Gasteiger partial charge on any atom is -0.411 e. The van der Waals surface area contributed by atoms with E-state index in [-0.39, 0.29) is 18.2 Å². The number of hydrogen-bond acceptors (Lipinski definition) is 4. The first kappa shape index (κ1) is 10.2. The first-order valence-electron chi connectivity index (χ1n) is 4.55. The van der Waals surface area contributed by atoms with E-state index in [2.05, 4.69) is 10.1 Å². The van der Waals surface area contributed by atoms with Crippen molar-refractivity contribution in [2.45, 2.75) is 32.2 Å². The van der Waals surface area contributed by atoms with Crippen molar-refractivity contribution in [2.24, 2.45) is 5.16 Å². The van der Waals surface area contributed by atoms with E-state index >= 15 is 0 Å². The molecular weight excluding hydrogens is 172 g/mol. The van der Waals surface area contributed by atoms with Crippen LogP contribution in [0.25, 0.3) is 0 Å². The Balaban J connectivity index is 2.48. The van der Waals surface area contributed by atoms with Crippen molar-refractivity contribution in [3.63, 3.8) is 0 Å². The summed E-state index contributed by atoms with van der Waals surface area (Å²) in [5.41, 5.74) is 0.491. The van der Waals surface area contributed by atoms with Crippen LogP contribution in [-0.2, 0) is 4.79 Å². The van der Waals surface area contributed by atoms with Crippen molar-refractivity contribution in [1.82, 2.24) is 4.90 Å². The highest BCUT2D eigenvalue weighted by Crippen LogP contribution is 2.16. The number of nitrogens with zero attached hydrogens (tertiary/aromatic N) is 2. The van der Waals surface area contributed by atoms with Gasteiger partial charge in [0.05, 0.1) is 11.8 Å². The normalized spacial score (nSPS) is 25.1. The second-order valence-electron chi connectivity index (χ2n) is 3.62. The van der Waals surface area contributed by atoms with E-state index in [9.17, 15) is 4.79 Å². The van der Waals surface area contributed by atoms with Gasteiger partial charge in [0.1, 0.15) is 0 Å². The molecule has 13 heavy (non-hydrogen) atoms. The molecule has 1 heterocycles. The summed E-state index contributed by atoms with van der Waals surface area (Å²) in [6, 6.07) is 0.0386. The average molecular weight is 188 g/mol. The number of likely N-dealkylation sites (N-methyl/N-ethyl adjacent to an activating group) is 1. The lowest BCUT2D eigenvalue weighted by Gasteiger charge is -2.17. The van der Waals surface area contributed by atoms with E-state index in [0.29, 0.717) is 5.71 Å². The largest absolute Gasteiger partial charge is 0.411 e. The van der Waals surface area contributed by atoms with Crippen LogP contribution in [0.3, 0.4) is 0 Å². The van der Waals surface area contributed by atoms with Gasteiger partial charge in [0.25, 0.3) is 0 Å². The molecule has 1 N–H and O–H groups in total. The fraction of sp³-hybridized carbons (Fsp3) is 0.778. The molecule has 0 aromatic heterocycles. The number of hydrogen-bond donors (Lipinski definition) is 1. The summed E-state index contributed by atoms with van der Waals surface area (Å²) in [6.07, 6.45) is 2.29. The highest BCUT2D eigenvalue weighted by Gasteiger charge is 2.27. The van der Waals surface area contributed by atoms with E-state index in [1.807, 2.05) is 7.05 Å². The van der Waals surface area contributed by atoms with Crippen molar-refractivity contribution in [2.75, 3.05) is 13.6 Å². The molecule has 0 bridgehead atoms. The van der Waals surface area contributed by atoms with Gasteiger partial charge in [0.15, 0.2) is 5.78 Å². The Hall–Kier alpha value is -0.900. The minimum absolute atomic E-state index is 0.0386.